The average Bonchev–Trinajstić information content (AvgIpc) is 2.78. The first-order valence-electron chi connectivity index (χ1n) is 7.85. The Kier molecular flexibility index (Phi) is 6.21. The number of halogens is 2. The predicted molar refractivity (Wildman–Crippen MR) is 102 cm³/mol. The number of carboxylic acids is 1. The number of benzene rings is 1. The van der Waals surface area contributed by atoms with Gasteiger partial charge < -0.3 is 14.6 Å². The molecule has 0 aliphatic rings. The Morgan fingerprint density at radius 3 is 2.46 bits per heavy atom. The second kappa shape index (κ2) is 8.01. The third-order valence-corrected chi connectivity index (χ3v) is 4.08. The molecule has 0 radical (unpaired) electrons. The van der Waals surface area contributed by atoms with Gasteiger partial charge in [0.25, 0.3) is 0 Å². The van der Waals surface area contributed by atoms with Crippen molar-refractivity contribution in [3.63, 3.8) is 0 Å². The maximum atomic E-state index is 11.0. The van der Waals surface area contributed by atoms with E-state index in [0.717, 1.165) is 16.8 Å². The molecule has 2 rings (SSSR count). The number of aromatic nitrogens is 2. The number of hydrogen-bond acceptors (Lipinski definition) is 4. The fourth-order valence-corrected chi connectivity index (χ4v) is 2.72. The van der Waals surface area contributed by atoms with Gasteiger partial charge in [0, 0.05) is 13.1 Å². The lowest BCUT2D eigenvalue weighted by molar-refractivity contribution is -0.144. The Balaban J connectivity index is 2.45. The number of carbonyl (C=O) groups is 1. The van der Waals surface area contributed by atoms with Crippen LogP contribution in [0, 0.1) is 6.92 Å². The summed E-state index contributed by atoms with van der Waals surface area (Å²) in [6.07, 6.45) is 0.896. The van der Waals surface area contributed by atoms with Gasteiger partial charge in [-0.25, -0.2) is 9.48 Å². The molecule has 140 valence electrons. The summed E-state index contributed by atoms with van der Waals surface area (Å²) in [5.41, 5.74) is 2.73. The molecule has 0 saturated carbocycles. The molecule has 1 N–H and O–H groups in total. The van der Waals surface area contributed by atoms with E-state index in [4.69, 9.17) is 37.8 Å². The van der Waals surface area contributed by atoms with Crippen molar-refractivity contribution in [1.29, 1.82) is 0 Å². The molecule has 0 aliphatic carbocycles. The molecule has 0 bridgehead atoms. The minimum atomic E-state index is -1.11. The van der Waals surface area contributed by atoms with E-state index in [-0.39, 0.29) is 21.5 Å². The first-order valence-corrected chi connectivity index (χ1v) is 8.60. The van der Waals surface area contributed by atoms with E-state index in [1.807, 2.05) is 26.8 Å². The van der Waals surface area contributed by atoms with Crippen molar-refractivity contribution >= 4 is 35.2 Å². The number of carboxylic acid groups (broad SMARTS) is 1. The second-order valence-electron chi connectivity index (χ2n) is 6.06. The zero-order valence-electron chi connectivity index (χ0n) is 15.1. The molecule has 1 aromatic carbocycles. The maximum Gasteiger partial charge on any atom is 0.344 e. The lowest BCUT2D eigenvalue weighted by atomic mass is 10.2. The van der Waals surface area contributed by atoms with Gasteiger partial charge in [-0.1, -0.05) is 28.8 Å². The summed E-state index contributed by atoms with van der Waals surface area (Å²) in [4.78, 5) is 11.0. The van der Waals surface area contributed by atoms with Gasteiger partial charge in [-0.3, -0.25) is 0 Å². The molecule has 1 aromatic heterocycles. The van der Waals surface area contributed by atoms with Crippen LogP contribution in [0.15, 0.2) is 17.7 Å². The highest BCUT2D eigenvalue weighted by Crippen LogP contribution is 2.39. The summed E-state index contributed by atoms with van der Waals surface area (Å²) < 4.78 is 12.9. The van der Waals surface area contributed by atoms with Crippen LogP contribution in [0.2, 0.25) is 10.0 Å². The Morgan fingerprint density at radius 1 is 1.27 bits per heavy atom. The van der Waals surface area contributed by atoms with E-state index < -0.39 is 12.1 Å². The molecule has 26 heavy (non-hydrogen) atoms. The summed E-state index contributed by atoms with van der Waals surface area (Å²) in [5, 5.41) is 13.8. The van der Waals surface area contributed by atoms with Crippen LogP contribution in [0.1, 0.15) is 32.0 Å². The van der Waals surface area contributed by atoms with Crippen LogP contribution < -0.4 is 9.47 Å². The minimum absolute atomic E-state index is 0.170. The second-order valence-corrected chi connectivity index (χ2v) is 6.88. The maximum absolute atomic E-state index is 11.0. The van der Waals surface area contributed by atoms with Crippen LogP contribution in [0.5, 0.6) is 17.4 Å². The lowest BCUT2D eigenvalue weighted by Crippen LogP contribution is -2.23. The number of aliphatic carboxylic acids is 1. The van der Waals surface area contributed by atoms with Crippen LogP contribution in [-0.2, 0) is 11.8 Å². The Labute approximate surface area is 161 Å². The molecule has 2 aromatic rings. The third-order valence-electron chi connectivity index (χ3n) is 3.49. The summed E-state index contributed by atoms with van der Waals surface area (Å²) in [5.74, 6) is -0.143. The minimum Gasteiger partial charge on any atom is -0.479 e. The number of hydrogen-bond donors (Lipinski definition) is 1. The largest absolute Gasteiger partial charge is 0.479 e. The monoisotopic (exact) mass is 398 g/mol. The normalized spacial score (nSPS) is 11.8. The van der Waals surface area contributed by atoms with E-state index >= 15 is 0 Å². The number of allylic oxidation sites excluding steroid dienone is 1. The Hall–Kier alpha value is -2.18. The van der Waals surface area contributed by atoms with Crippen molar-refractivity contribution in [2.45, 2.75) is 33.8 Å². The van der Waals surface area contributed by atoms with Crippen molar-refractivity contribution in [2.24, 2.45) is 7.05 Å². The van der Waals surface area contributed by atoms with E-state index in [9.17, 15) is 4.79 Å². The summed E-state index contributed by atoms with van der Waals surface area (Å²) in [6.45, 7) is 7.24. The molecule has 0 saturated heterocycles. The molecule has 1 heterocycles. The van der Waals surface area contributed by atoms with Crippen LogP contribution in [0.4, 0.5) is 0 Å². The van der Waals surface area contributed by atoms with Crippen LogP contribution in [0.3, 0.4) is 0 Å². The fraction of sp³-hybridized carbons (Fsp3) is 0.333. The van der Waals surface area contributed by atoms with Crippen LogP contribution >= 0.6 is 23.2 Å². The Morgan fingerprint density at radius 2 is 1.88 bits per heavy atom. The Bertz CT molecular complexity index is 871. The van der Waals surface area contributed by atoms with Crippen molar-refractivity contribution in [3.05, 3.63) is 39.0 Å². The molecule has 1 atom stereocenters. The van der Waals surface area contributed by atoms with E-state index in [1.165, 1.54) is 19.1 Å². The van der Waals surface area contributed by atoms with Crippen molar-refractivity contribution in [3.8, 4) is 17.4 Å². The molecule has 0 spiro atoms. The number of ether oxygens (including phenoxy) is 2. The van der Waals surface area contributed by atoms with Gasteiger partial charge in [-0.15, -0.1) is 0 Å². The summed E-state index contributed by atoms with van der Waals surface area (Å²) in [6, 6.07) is 2.92. The van der Waals surface area contributed by atoms with E-state index in [0.29, 0.717) is 5.88 Å². The molecule has 0 amide bonds. The van der Waals surface area contributed by atoms with Gasteiger partial charge in [0.2, 0.25) is 5.88 Å². The van der Waals surface area contributed by atoms with Gasteiger partial charge in [-0.05, 0) is 39.8 Å². The SMILES string of the molecule is CC(C)=Cc1c(C)nn(C)c1Oc1cc(O[C@@H](C)C(=O)O)c(Cl)cc1Cl. The topological polar surface area (TPSA) is 73.6 Å². The molecule has 0 unspecified atom stereocenters. The zero-order chi connectivity index (χ0) is 19.6. The predicted octanol–water partition coefficient (Wildman–Crippen LogP) is 5.10. The summed E-state index contributed by atoms with van der Waals surface area (Å²) >= 11 is 12.3. The van der Waals surface area contributed by atoms with Gasteiger partial charge in [0.1, 0.15) is 5.75 Å². The third kappa shape index (κ3) is 4.51. The molecule has 8 heteroatoms. The number of rotatable bonds is 6. The van der Waals surface area contributed by atoms with E-state index in [2.05, 4.69) is 5.10 Å². The number of aryl methyl sites for hydroxylation is 2. The van der Waals surface area contributed by atoms with E-state index in [1.54, 1.807) is 11.7 Å². The highest BCUT2D eigenvalue weighted by molar-refractivity contribution is 6.36. The van der Waals surface area contributed by atoms with Crippen LogP contribution in [0.25, 0.3) is 6.08 Å². The molecule has 0 fully saturated rings. The molecule has 0 aliphatic heterocycles. The van der Waals surface area contributed by atoms with Crippen LogP contribution in [-0.4, -0.2) is 27.0 Å². The highest BCUT2D eigenvalue weighted by atomic mass is 35.5. The standard InChI is InChI=1S/C18H20Cl2N2O4/c1-9(2)6-12-10(3)21-22(5)17(12)26-16-8-15(13(19)7-14(16)20)25-11(4)18(23)24/h6-8,11H,1-5H3,(H,23,24)/t11-/m0/s1. The van der Waals surface area contributed by atoms with Gasteiger partial charge in [0.05, 0.1) is 21.3 Å². The average molecular weight is 399 g/mol. The quantitative estimate of drug-likeness (QED) is 0.731. The van der Waals surface area contributed by atoms with Crippen molar-refractivity contribution < 1.29 is 19.4 Å². The first-order chi connectivity index (χ1) is 12.1. The number of nitrogens with zero attached hydrogens (tertiary/aromatic N) is 2. The lowest BCUT2D eigenvalue weighted by Gasteiger charge is -2.15. The highest BCUT2D eigenvalue weighted by Gasteiger charge is 2.19. The van der Waals surface area contributed by atoms with Gasteiger partial charge in [0.15, 0.2) is 11.9 Å². The fourth-order valence-electron chi connectivity index (χ4n) is 2.25. The summed E-state index contributed by atoms with van der Waals surface area (Å²) in [7, 11) is 1.76. The van der Waals surface area contributed by atoms with Crippen molar-refractivity contribution in [2.75, 3.05) is 0 Å². The van der Waals surface area contributed by atoms with Gasteiger partial charge in [-0.2, -0.15) is 5.10 Å². The van der Waals surface area contributed by atoms with Gasteiger partial charge >= 0.3 is 5.97 Å². The molecular weight excluding hydrogens is 379 g/mol. The molecule has 6 nitrogen and oxygen atoms in total. The smallest absolute Gasteiger partial charge is 0.344 e. The molecular formula is C18H20Cl2N2O4. The first kappa shape index (κ1) is 20.1. The zero-order valence-corrected chi connectivity index (χ0v) is 16.6. The van der Waals surface area contributed by atoms with Crippen molar-refractivity contribution in [1.82, 2.24) is 9.78 Å².